The van der Waals surface area contributed by atoms with Crippen molar-refractivity contribution in [1.82, 2.24) is 0 Å². The molecule has 0 aromatic heterocycles. The number of carbonyl (C=O) groups excluding carboxylic acids is 1. The van der Waals surface area contributed by atoms with Crippen molar-refractivity contribution >= 4 is 5.97 Å². The van der Waals surface area contributed by atoms with Crippen LogP contribution in [0.1, 0.15) is 17.0 Å². The third-order valence-electron chi connectivity index (χ3n) is 3.08. The van der Waals surface area contributed by atoms with Crippen LogP contribution in [0.15, 0.2) is 60.7 Å². The molecule has 2 aromatic rings. The first-order valence-electron chi connectivity index (χ1n) is 6.10. The van der Waals surface area contributed by atoms with E-state index in [1.165, 1.54) is 7.11 Å². The van der Waals surface area contributed by atoms with Crippen molar-refractivity contribution in [3.05, 3.63) is 71.8 Å². The van der Waals surface area contributed by atoms with E-state index in [0.29, 0.717) is 0 Å². The van der Waals surface area contributed by atoms with Crippen molar-refractivity contribution in [2.45, 2.75) is 12.0 Å². The number of aliphatic hydroxyl groups excluding tert-OH is 1. The number of rotatable bonds is 4. The minimum absolute atomic E-state index is 0.421. The molecular formula is C16H16O3. The van der Waals surface area contributed by atoms with Gasteiger partial charge < -0.3 is 9.84 Å². The average molecular weight is 256 g/mol. The second-order valence-corrected chi connectivity index (χ2v) is 4.27. The predicted octanol–water partition coefficient (Wildman–Crippen LogP) is 2.35. The Morgan fingerprint density at radius 2 is 1.37 bits per heavy atom. The molecule has 19 heavy (non-hydrogen) atoms. The Balaban J connectivity index is 2.43. The van der Waals surface area contributed by atoms with E-state index in [9.17, 15) is 9.90 Å². The fraction of sp³-hybridized carbons (Fsp3) is 0.188. The van der Waals surface area contributed by atoms with Gasteiger partial charge in [0.05, 0.1) is 7.11 Å². The summed E-state index contributed by atoms with van der Waals surface area (Å²) in [6, 6.07) is 18.9. The van der Waals surface area contributed by atoms with Crippen LogP contribution in [0.25, 0.3) is 0 Å². The molecule has 0 heterocycles. The molecule has 0 fully saturated rings. The highest BCUT2D eigenvalue weighted by molar-refractivity contribution is 5.76. The molecule has 3 nitrogen and oxygen atoms in total. The Labute approximate surface area is 112 Å². The van der Waals surface area contributed by atoms with E-state index in [4.69, 9.17) is 0 Å². The SMILES string of the molecule is COC(=O)C(O)C(c1ccccc1)c1ccccc1. The summed E-state index contributed by atoms with van der Waals surface area (Å²) in [5, 5.41) is 10.2. The molecular weight excluding hydrogens is 240 g/mol. The molecule has 0 saturated heterocycles. The highest BCUT2D eigenvalue weighted by Crippen LogP contribution is 2.28. The zero-order valence-corrected chi connectivity index (χ0v) is 10.7. The molecule has 98 valence electrons. The molecule has 0 aliphatic carbocycles. The number of esters is 1. The van der Waals surface area contributed by atoms with Crippen LogP contribution >= 0.6 is 0 Å². The quantitative estimate of drug-likeness (QED) is 0.854. The van der Waals surface area contributed by atoms with Crippen LogP contribution in [0.4, 0.5) is 0 Å². The molecule has 0 spiro atoms. The molecule has 1 unspecified atom stereocenters. The number of hydrogen-bond donors (Lipinski definition) is 1. The summed E-state index contributed by atoms with van der Waals surface area (Å²) in [4.78, 5) is 11.6. The first-order valence-corrected chi connectivity index (χ1v) is 6.10. The summed E-state index contributed by atoms with van der Waals surface area (Å²) < 4.78 is 4.65. The lowest BCUT2D eigenvalue weighted by Gasteiger charge is -2.22. The average Bonchev–Trinajstić information content (AvgIpc) is 2.49. The van der Waals surface area contributed by atoms with Crippen LogP contribution in [-0.4, -0.2) is 24.3 Å². The third kappa shape index (κ3) is 3.01. The molecule has 2 aromatic carbocycles. The largest absolute Gasteiger partial charge is 0.467 e. The Bertz CT molecular complexity index is 483. The van der Waals surface area contributed by atoms with Crippen LogP contribution in [-0.2, 0) is 9.53 Å². The number of methoxy groups -OCH3 is 1. The maximum Gasteiger partial charge on any atom is 0.335 e. The molecule has 0 amide bonds. The monoisotopic (exact) mass is 256 g/mol. The highest BCUT2D eigenvalue weighted by Gasteiger charge is 2.29. The standard InChI is InChI=1S/C16H16O3/c1-19-16(18)15(17)14(12-8-4-2-5-9-12)13-10-6-3-7-11-13/h2-11,14-15,17H,1H3. The molecule has 1 N–H and O–H groups in total. The summed E-state index contributed by atoms with van der Waals surface area (Å²) >= 11 is 0. The lowest BCUT2D eigenvalue weighted by Crippen LogP contribution is -2.29. The Kier molecular flexibility index (Phi) is 4.31. The van der Waals surface area contributed by atoms with Crippen LogP contribution in [0.5, 0.6) is 0 Å². The van der Waals surface area contributed by atoms with Gasteiger partial charge in [0, 0.05) is 5.92 Å². The number of aliphatic hydroxyl groups is 1. The lowest BCUT2D eigenvalue weighted by atomic mass is 9.86. The van der Waals surface area contributed by atoms with Crippen LogP contribution in [0.3, 0.4) is 0 Å². The van der Waals surface area contributed by atoms with Gasteiger partial charge in [0.1, 0.15) is 0 Å². The van der Waals surface area contributed by atoms with E-state index in [1.54, 1.807) is 0 Å². The number of carbonyl (C=O) groups is 1. The summed E-state index contributed by atoms with van der Waals surface area (Å²) in [5.41, 5.74) is 1.76. The third-order valence-corrected chi connectivity index (χ3v) is 3.08. The van der Waals surface area contributed by atoms with E-state index in [2.05, 4.69) is 4.74 Å². The Morgan fingerprint density at radius 3 is 1.74 bits per heavy atom. The Morgan fingerprint density at radius 1 is 0.947 bits per heavy atom. The van der Waals surface area contributed by atoms with Crippen molar-refractivity contribution in [2.75, 3.05) is 7.11 Å². The summed E-state index contributed by atoms with van der Waals surface area (Å²) in [5.74, 6) is -1.05. The highest BCUT2D eigenvalue weighted by atomic mass is 16.5. The van der Waals surface area contributed by atoms with Crippen LogP contribution in [0.2, 0.25) is 0 Å². The van der Waals surface area contributed by atoms with Crippen molar-refractivity contribution in [3.63, 3.8) is 0 Å². The first-order chi connectivity index (χ1) is 9.24. The number of benzene rings is 2. The molecule has 0 radical (unpaired) electrons. The Hall–Kier alpha value is -2.13. The van der Waals surface area contributed by atoms with Gasteiger partial charge in [-0.05, 0) is 11.1 Å². The zero-order valence-electron chi connectivity index (χ0n) is 10.7. The molecule has 0 aliphatic heterocycles. The minimum atomic E-state index is -1.21. The normalized spacial score (nSPS) is 12.2. The zero-order chi connectivity index (χ0) is 13.7. The topological polar surface area (TPSA) is 46.5 Å². The van der Waals surface area contributed by atoms with E-state index < -0.39 is 18.0 Å². The smallest absolute Gasteiger partial charge is 0.335 e. The van der Waals surface area contributed by atoms with E-state index in [1.807, 2.05) is 60.7 Å². The van der Waals surface area contributed by atoms with Gasteiger partial charge in [-0.2, -0.15) is 0 Å². The maximum atomic E-state index is 11.6. The van der Waals surface area contributed by atoms with Gasteiger partial charge in [0.2, 0.25) is 0 Å². The van der Waals surface area contributed by atoms with Gasteiger partial charge in [-0.25, -0.2) is 4.79 Å². The molecule has 3 heteroatoms. The van der Waals surface area contributed by atoms with E-state index in [-0.39, 0.29) is 0 Å². The van der Waals surface area contributed by atoms with Crippen molar-refractivity contribution in [2.24, 2.45) is 0 Å². The number of ether oxygens (including phenoxy) is 1. The summed E-state index contributed by atoms with van der Waals surface area (Å²) in [6.45, 7) is 0. The molecule has 0 aliphatic rings. The lowest BCUT2D eigenvalue weighted by molar-refractivity contribution is -0.151. The van der Waals surface area contributed by atoms with Crippen molar-refractivity contribution in [1.29, 1.82) is 0 Å². The molecule has 0 bridgehead atoms. The molecule has 2 rings (SSSR count). The van der Waals surface area contributed by atoms with Crippen molar-refractivity contribution < 1.29 is 14.6 Å². The van der Waals surface area contributed by atoms with Crippen LogP contribution < -0.4 is 0 Å². The second-order valence-electron chi connectivity index (χ2n) is 4.27. The summed E-state index contributed by atoms with van der Waals surface area (Å²) in [6.07, 6.45) is -1.21. The molecule has 1 atom stereocenters. The number of hydrogen-bond acceptors (Lipinski definition) is 3. The maximum absolute atomic E-state index is 11.6. The van der Waals surface area contributed by atoms with E-state index >= 15 is 0 Å². The van der Waals surface area contributed by atoms with Gasteiger partial charge >= 0.3 is 5.97 Å². The second kappa shape index (κ2) is 6.16. The van der Waals surface area contributed by atoms with Gasteiger partial charge in [0.25, 0.3) is 0 Å². The fourth-order valence-corrected chi connectivity index (χ4v) is 2.13. The molecule has 0 saturated carbocycles. The van der Waals surface area contributed by atoms with Gasteiger partial charge in [-0.3, -0.25) is 0 Å². The minimum Gasteiger partial charge on any atom is -0.467 e. The van der Waals surface area contributed by atoms with Gasteiger partial charge in [0.15, 0.2) is 6.10 Å². The van der Waals surface area contributed by atoms with Crippen molar-refractivity contribution in [3.8, 4) is 0 Å². The first kappa shape index (κ1) is 13.3. The van der Waals surface area contributed by atoms with Gasteiger partial charge in [-0.15, -0.1) is 0 Å². The predicted molar refractivity (Wildman–Crippen MR) is 72.7 cm³/mol. The fourth-order valence-electron chi connectivity index (χ4n) is 2.13. The summed E-state index contributed by atoms with van der Waals surface area (Å²) in [7, 11) is 1.28. The van der Waals surface area contributed by atoms with Crippen LogP contribution in [0, 0.1) is 0 Å². The van der Waals surface area contributed by atoms with Gasteiger partial charge in [-0.1, -0.05) is 60.7 Å². The van der Waals surface area contributed by atoms with E-state index in [0.717, 1.165) is 11.1 Å².